The average Bonchev–Trinajstić information content (AvgIpc) is 2.81. The van der Waals surface area contributed by atoms with Crippen LogP contribution in [0.3, 0.4) is 0 Å². The minimum absolute atomic E-state index is 0.0668. The van der Waals surface area contributed by atoms with Crippen LogP contribution < -0.4 is 10.0 Å². The van der Waals surface area contributed by atoms with Crippen molar-refractivity contribution in [3.63, 3.8) is 0 Å². The molecule has 0 spiro atoms. The van der Waals surface area contributed by atoms with Crippen LogP contribution in [0, 0.1) is 11.8 Å². The van der Waals surface area contributed by atoms with Crippen LogP contribution in [0.5, 0.6) is 0 Å². The Morgan fingerprint density at radius 1 is 1.03 bits per heavy atom. The first kappa shape index (κ1) is 25.8. The largest absolute Gasteiger partial charge is 0.349 e. The molecule has 0 radical (unpaired) electrons. The molecule has 2 aromatic carbocycles. The van der Waals surface area contributed by atoms with E-state index in [1.54, 1.807) is 32.0 Å². The maximum absolute atomic E-state index is 13.2. The van der Waals surface area contributed by atoms with Crippen LogP contribution in [0.4, 0.5) is 0 Å². The van der Waals surface area contributed by atoms with E-state index in [4.69, 9.17) is 0 Å². The first-order chi connectivity index (χ1) is 16.2. The van der Waals surface area contributed by atoms with Gasteiger partial charge in [0.15, 0.2) is 5.78 Å². The summed E-state index contributed by atoms with van der Waals surface area (Å²) in [5.74, 6) is -2.83. The highest BCUT2D eigenvalue weighted by atomic mass is 32.2. The minimum Gasteiger partial charge on any atom is -0.349 e. The molecule has 2 atom stereocenters. The third-order valence-corrected chi connectivity index (χ3v) is 7.56. The number of aryl methyl sites for hydroxylation is 1. The summed E-state index contributed by atoms with van der Waals surface area (Å²) in [5, 5.41) is 2.66. The lowest BCUT2D eigenvalue weighted by atomic mass is 9.86. The molecule has 1 amide bonds. The molecule has 34 heavy (non-hydrogen) atoms. The van der Waals surface area contributed by atoms with Gasteiger partial charge < -0.3 is 5.32 Å². The number of nitrogens with one attached hydrogen (secondary N) is 2. The number of benzene rings is 2. The molecule has 2 aromatic rings. The van der Waals surface area contributed by atoms with Gasteiger partial charge in [0, 0.05) is 18.9 Å². The summed E-state index contributed by atoms with van der Waals surface area (Å²) >= 11 is 0. The molecule has 2 N–H and O–H groups in total. The molecule has 182 valence electrons. The van der Waals surface area contributed by atoms with Gasteiger partial charge in [-0.2, -0.15) is 0 Å². The zero-order valence-corrected chi connectivity index (χ0v) is 20.4. The van der Waals surface area contributed by atoms with Crippen LogP contribution in [-0.4, -0.2) is 38.5 Å². The zero-order chi connectivity index (χ0) is 24.7. The Hall–Kier alpha value is -2.84. The molecule has 1 heterocycles. The second-order valence-corrected chi connectivity index (χ2v) is 10.8. The predicted octanol–water partition coefficient (Wildman–Crippen LogP) is 2.83. The monoisotopic (exact) mass is 484 g/mol. The number of ketones is 2. The second-order valence-electron chi connectivity index (χ2n) is 9.11. The van der Waals surface area contributed by atoms with Crippen molar-refractivity contribution < 1.29 is 22.8 Å². The highest BCUT2D eigenvalue weighted by molar-refractivity contribution is 7.89. The Morgan fingerprint density at radius 3 is 2.38 bits per heavy atom. The fourth-order valence-electron chi connectivity index (χ4n) is 4.19. The predicted molar refractivity (Wildman–Crippen MR) is 130 cm³/mol. The molecular formula is C26H32N2O5S. The van der Waals surface area contributed by atoms with E-state index in [1.165, 1.54) is 12.1 Å². The van der Waals surface area contributed by atoms with Gasteiger partial charge in [-0.3, -0.25) is 14.4 Å². The van der Waals surface area contributed by atoms with Crippen LogP contribution in [0.25, 0.3) is 0 Å². The number of carbonyl (C=O) groups excluding carboxylic acids is 3. The van der Waals surface area contributed by atoms with E-state index in [1.807, 2.05) is 18.2 Å². The number of hydrogen-bond acceptors (Lipinski definition) is 5. The molecule has 8 heteroatoms. The van der Waals surface area contributed by atoms with Crippen LogP contribution in [0.15, 0.2) is 59.5 Å². The fourth-order valence-corrected chi connectivity index (χ4v) is 5.58. The van der Waals surface area contributed by atoms with E-state index in [2.05, 4.69) is 16.1 Å². The number of rotatable bonds is 7. The summed E-state index contributed by atoms with van der Waals surface area (Å²) in [7, 11) is -3.91. The SMILES string of the molecule is CC(C)C(NS(=O)(=O)c1ccccc1)C(=O)CC1CCCc2cccc(c2)CCNC(=O)C1=O. The summed E-state index contributed by atoms with van der Waals surface area (Å²) < 4.78 is 28.1. The number of amides is 1. The van der Waals surface area contributed by atoms with Crippen LogP contribution in [0.1, 0.15) is 44.2 Å². The van der Waals surface area contributed by atoms with Crippen LogP contribution in [-0.2, 0) is 37.2 Å². The third kappa shape index (κ3) is 6.84. The Morgan fingerprint density at radius 2 is 1.71 bits per heavy atom. The number of Topliss-reactive ketones (excluding diaryl/α,β-unsaturated/α-hetero) is 2. The standard InChI is InChI=1S/C26H32N2O5S/c1-18(2)24(28-34(32,33)22-12-4-3-5-13-22)23(29)17-21-11-7-10-19-8-6-9-20(16-19)14-15-27-26(31)25(21)30/h3-6,8-9,12-13,16,18,21,24,28H,7,10-11,14-15,17H2,1-2H3,(H,27,31). The molecular weight excluding hydrogens is 452 g/mol. The van der Waals surface area contributed by atoms with E-state index in [-0.39, 0.29) is 17.2 Å². The third-order valence-electron chi connectivity index (χ3n) is 6.10. The summed E-state index contributed by atoms with van der Waals surface area (Å²) in [4.78, 5) is 38.7. The summed E-state index contributed by atoms with van der Waals surface area (Å²) in [6, 6.07) is 15.0. The Kier molecular flexibility index (Phi) is 8.74. The number of hydrogen-bond donors (Lipinski definition) is 2. The molecule has 7 nitrogen and oxygen atoms in total. The van der Waals surface area contributed by atoms with E-state index < -0.39 is 39.5 Å². The van der Waals surface area contributed by atoms with Crippen molar-refractivity contribution in [3.05, 3.63) is 65.7 Å². The summed E-state index contributed by atoms with van der Waals surface area (Å²) in [6.07, 6.45) is 2.18. The van der Waals surface area contributed by atoms with Gasteiger partial charge in [0.25, 0.3) is 5.91 Å². The molecule has 0 fully saturated rings. The van der Waals surface area contributed by atoms with Gasteiger partial charge in [0.1, 0.15) is 0 Å². The molecule has 1 aliphatic rings. The summed E-state index contributed by atoms with van der Waals surface area (Å²) in [5.41, 5.74) is 2.25. The molecule has 2 unspecified atom stereocenters. The van der Waals surface area contributed by atoms with Gasteiger partial charge in [-0.1, -0.05) is 56.3 Å². The van der Waals surface area contributed by atoms with Crippen molar-refractivity contribution >= 4 is 27.5 Å². The number of fused-ring (bicyclic) bond motifs is 2. The molecule has 0 saturated heterocycles. The van der Waals surface area contributed by atoms with Gasteiger partial charge in [0.2, 0.25) is 15.8 Å². The van der Waals surface area contributed by atoms with Crippen LogP contribution >= 0.6 is 0 Å². The smallest absolute Gasteiger partial charge is 0.287 e. The van der Waals surface area contributed by atoms with Gasteiger partial charge >= 0.3 is 0 Å². The quantitative estimate of drug-likeness (QED) is 0.588. The lowest BCUT2D eigenvalue weighted by Crippen LogP contribution is -2.46. The van der Waals surface area contributed by atoms with Gasteiger partial charge in [0.05, 0.1) is 10.9 Å². The van der Waals surface area contributed by atoms with E-state index in [0.29, 0.717) is 25.8 Å². The fraction of sp³-hybridized carbons (Fsp3) is 0.423. The van der Waals surface area contributed by atoms with E-state index in [9.17, 15) is 22.8 Å². The van der Waals surface area contributed by atoms with Gasteiger partial charge in [-0.25, -0.2) is 13.1 Å². The van der Waals surface area contributed by atoms with Crippen molar-refractivity contribution in [1.82, 2.24) is 10.0 Å². The highest BCUT2D eigenvalue weighted by Gasteiger charge is 2.33. The Labute approximate surface area is 201 Å². The average molecular weight is 485 g/mol. The van der Waals surface area contributed by atoms with Gasteiger partial charge in [-0.15, -0.1) is 0 Å². The van der Waals surface area contributed by atoms with E-state index in [0.717, 1.165) is 17.5 Å². The molecule has 2 bridgehead atoms. The molecule has 0 saturated carbocycles. The Balaban J connectivity index is 1.76. The lowest BCUT2D eigenvalue weighted by molar-refractivity contribution is -0.141. The van der Waals surface area contributed by atoms with Crippen molar-refractivity contribution in [3.8, 4) is 0 Å². The molecule has 0 aliphatic carbocycles. The lowest BCUT2D eigenvalue weighted by Gasteiger charge is -2.23. The highest BCUT2D eigenvalue weighted by Crippen LogP contribution is 2.21. The maximum Gasteiger partial charge on any atom is 0.287 e. The normalized spacial score (nSPS) is 18.5. The number of carbonyl (C=O) groups is 3. The van der Waals surface area contributed by atoms with Crippen molar-refractivity contribution in [2.45, 2.75) is 56.9 Å². The topological polar surface area (TPSA) is 109 Å². The maximum atomic E-state index is 13.2. The van der Waals surface area contributed by atoms with Gasteiger partial charge in [-0.05, 0) is 54.9 Å². The minimum atomic E-state index is -3.91. The number of sulfonamides is 1. The van der Waals surface area contributed by atoms with Crippen molar-refractivity contribution in [1.29, 1.82) is 0 Å². The van der Waals surface area contributed by atoms with Crippen molar-refractivity contribution in [2.75, 3.05) is 6.54 Å². The first-order valence-corrected chi connectivity index (χ1v) is 13.2. The molecule has 1 aliphatic heterocycles. The zero-order valence-electron chi connectivity index (χ0n) is 19.6. The van der Waals surface area contributed by atoms with Crippen molar-refractivity contribution in [2.24, 2.45) is 11.8 Å². The van der Waals surface area contributed by atoms with Crippen LogP contribution in [0.2, 0.25) is 0 Å². The second kappa shape index (κ2) is 11.5. The first-order valence-electron chi connectivity index (χ1n) is 11.7. The molecule has 0 aromatic heterocycles. The Bertz CT molecular complexity index is 1130. The summed E-state index contributed by atoms with van der Waals surface area (Å²) in [6.45, 7) is 3.83. The molecule has 3 rings (SSSR count). The van der Waals surface area contributed by atoms with E-state index >= 15 is 0 Å².